The summed E-state index contributed by atoms with van der Waals surface area (Å²) >= 11 is 0. The quantitative estimate of drug-likeness (QED) is 0.581. The summed E-state index contributed by atoms with van der Waals surface area (Å²) in [5.74, 6) is 3.34. The average molecular weight is 286 g/mol. The van der Waals surface area contributed by atoms with Crippen molar-refractivity contribution in [1.82, 2.24) is 0 Å². The molecule has 1 nitrogen and oxygen atoms in total. The van der Waals surface area contributed by atoms with Gasteiger partial charge in [0.15, 0.2) is 0 Å². The van der Waals surface area contributed by atoms with E-state index in [1.54, 1.807) is 0 Å². The summed E-state index contributed by atoms with van der Waals surface area (Å²) in [4.78, 5) is 0. The highest BCUT2D eigenvalue weighted by Crippen LogP contribution is 2.51. The number of aryl methyl sites for hydroxylation is 1. The monoisotopic (exact) mass is 286 g/mol. The van der Waals surface area contributed by atoms with E-state index in [0.29, 0.717) is 0 Å². The van der Waals surface area contributed by atoms with Crippen molar-refractivity contribution in [3.8, 4) is 11.5 Å². The largest absolute Gasteiger partial charge is 0.368 e. The van der Waals surface area contributed by atoms with Crippen LogP contribution >= 0.6 is 0 Å². The van der Waals surface area contributed by atoms with E-state index in [1.165, 1.54) is 11.1 Å². The van der Waals surface area contributed by atoms with Crippen molar-refractivity contribution in [2.75, 3.05) is 0 Å². The van der Waals surface area contributed by atoms with Gasteiger partial charge in [0, 0.05) is 5.56 Å². The van der Waals surface area contributed by atoms with Crippen molar-refractivity contribution in [3.63, 3.8) is 0 Å². The third kappa shape index (κ3) is 3.74. The molecule has 0 atom stereocenters. The van der Waals surface area contributed by atoms with Crippen LogP contribution in [0.5, 0.6) is 0 Å². The minimum absolute atomic E-state index is 0.0109. The molecule has 2 rings (SSSR count). The highest BCUT2D eigenvalue weighted by atomic mass is 28.3. The molecule has 0 radical (unpaired) electrons. The van der Waals surface area contributed by atoms with Crippen LogP contribution in [0, 0.1) is 18.4 Å². The molecule has 1 fully saturated rings. The smallest absolute Gasteiger partial charge is 0.129 e. The zero-order chi connectivity index (χ0) is 15.0. The fraction of sp³-hybridized carbons (Fsp3) is 0.556. The van der Waals surface area contributed by atoms with E-state index in [0.717, 1.165) is 18.4 Å². The fourth-order valence-corrected chi connectivity index (χ4v) is 3.05. The second kappa shape index (κ2) is 5.39. The van der Waals surface area contributed by atoms with Crippen LogP contribution in [0.3, 0.4) is 0 Å². The summed E-state index contributed by atoms with van der Waals surface area (Å²) in [6.45, 7) is 13.2. The van der Waals surface area contributed by atoms with Gasteiger partial charge < -0.3 is 4.74 Å². The van der Waals surface area contributed by atoms with Crippen molar-refractivity contribution >= 4 is 8.07 Å². The fourth-order valence-electron chi connectivity index (χ4n) is 2.53. The molecule has 1 aromatic carbocycles. The maximum atomic E-state index is 6.14. The second-order valence-corrected chi connectivity index (χ2v) is 11.9. The van der Waals surface area contributed by atoms with E-state index in [1.807, 2.05) is 0 Å². The minimum atomic E-state index is -1.30. The normalized spacial score (nSPS) is 16.8. The van der Waals surface area contributed by atoms with E-state index in [2.05, 4.69) is 70.1 Å². The molecule has 0 unspecified atom stereocenters. The van der Waals surface area contributed by atoms with E-state index < -0.39 is 8.07 Å². The maximum Gasteiger partial charge on any atom is 0.129 e. The van der Waals surface area contributed by atoms with E-state index in [9.17, 15) is 0 Å². The highest BCUT2D eigenvalue weighted by molar-refractivity contribution is 6.83. The molecule has 0 amide bonds. The summed E-state index contributed by atoms with van der Waals surface area (Å²) in [6, 6.07) is 6.59. The van der Waals surface area contributed by atoms with Gasteiger partial charge in [-0.25, -0.2) is 0 Å². The summed E-state index contributed by atoms with van der Waals surface area (Å²) in [5.41, 5.74) is 7.21. The second-order valence-electron chi connectivity index (χ2n) is 7.19. The Morgan fingerprint density at radius 1 is 1.20 bits per heavy atom. The lowest BCUT2D eigenvalue weighted by Gasteiger charge is -2.22. The maximum absolute atomic E-state index is 6.14. The molecule has 1 saturated carbocycles. The molecule has 0 saturated heterocycles. The van der Waals surface area contributed by atoms with Crippen molar-refractivity contribution in [2.45, 2.75) is 65.0 Å². The zero-order valence-electron chi connectivity index (χ0n) is 13.6. The Morgan fingerprint density at radius 2 is 1.85 bits per heavy atom. The third-order valence-corrected chi connectivity index (χ3v) is 4.34. The van der Waals surface area contributed by atoms with Gasteiger partial charge in [-0.1, -0.05) is 31.6 Å². The first-order valence-electron chi connectivity index (χ1n) is 7.54. The Kier molecular flexibility index (Phi) is 4.13. The van der Waals surface area contributed by atoms with E-state index in [-0.39, 0.29) is 11.7 Å². The zero-order valence-corrected chi connectivity index (χ0v) is 14.6. The molecule has 108 valence electrons. The van der Waals surface area contributed by atoms with Crippen molar-refractivity contribution in [1.29, 1.82) is 0 Å². The molecule has 0 bridgehead atoms. The number of hydrogen-bond acceptors (Lipinski definition) is 1. The first-order chi connectivity index (χ1) is 9.22. The molecule has 0 heterocycles. The lowest BCUT2D eigenvalue weighted by molar-refractivity contribution is -0.0146. The van der Waals surface area contributed by atoms with E-state index >= 15 is 0 Å². The molecule has 0 aromatic heterocycles. The van der Waals surface area contributed by atoms with Gasteiger partial charge in [0.1, 0.15) is 8.07 Å². The standard InChI is InChI=1S/C18H26OSi/c1-14(2)19-18(10-11-18)17-8-7-16(13-15(17)3)9-12-20(4,5)6/h7-8,13-14H,10-11H2,1-6H3. The van der Waals surface area contributed by atoms with Gasteiger partial charge in [0.2, 0.25) is 0 Å². The number of ether oxygens (including phenoxy) is 1. The lowest BCUT2D eigenvalue weighted by Crippen LogP contribution is -2.18. The predicted octanol–water partition coefficient (Wildman–Crippen LogP) is 4.64. The molecular formula is C18H26OSi. The number of benzene rings is 1. The molecular weight excluding hydrogens is 260 g/mol. The molecule has 1 aliphatic carbocycles. The van der Waals surface area contributed by atoms with Gasteiger partial charge in [-0.05, 0) is 56.9 Å². The molecule has 1 aliphatic rings. The Hall–Kier alpha value is -1.04. The van der Waals surface area contributed by atoms with Crippen LogP contribution in [-0.2, 0) is 10.3 Å². The van der Waals surface area contributed by atoms with Gasteiger partial charge in [0.25, 0.3) is 0 Å². The SMILES string of the molecule is Cc1cc(C#C[Si](C)(C)C)ccc1C1(OC(C)C)CC1. The van der Waals surface area contributed by atoms with Gasteiger partial charge in [-0.2, -0.15) is 0 Å². The Bertz CT molecular complexity index is 551. The minimum Gasteiger partial charge on any atom is -0.368 e. The van der Waals surface area contributed by atoms with Gasteiger partial charge in [-0.3, -0.25) is 0 Å². The van der Waals surface area contributed by atoms with Crippen LogP contribution in [0.4, 0.5) is 0 Å². The highest BCUT2D eigenvalue weighted by Gasteiger charge is 2.47. The van der Waals surface area contributed by atoms with Crippen LogP contribution in [0.25, 0.3) is 0 Å². The summed E-state index contributed by atoms with van der Waals surface area (Å²) < 4.78 is 6.14. The van der Waals surface area contributed by atoms with Crippen LogP contribution < -0.4 is 0 Å². The Balaban J connectivity index is 2.25. The van der Waals surface area contributed by atoms with Crippen LogP contribution in [-0.4, -0.2) is 14.2 Å². The lowest BCUT2D eigenvalue weighted by atomic mass is 9.99. The van der Waals surface area contributed by atoms with E-state index in [4.69, 9.17) is 4.74 Å². The van der Waals surface area contributed by atoms with Gasteiger partial charge in [-0.15, -0.1) is 5.54 Å². The average Bonchev–Trinajstić information content (AvgIpc) is 3.05. The molecule has 0 spiro atoms. The van der Waals surface area contributed by atoms with Crippen molar-refractivity contribution in [3.05, 3.63) is 34.9 Å². The summed E-state index contributed by atoms with van der Waals surface area (Å²) in [6.07, 6.45) is 2.57. The third-order valence-electron chi connectivity index (χ3n) is 3.46. The van der Waals surface area contributed by atoms with Crippen molar-refractivity contribution < 1.29 is 4.74 Å². The first-order valence-corrected chi connectivity index (χ1v) is 11.0. The first kappa shape index (κ1) is 15.3. The van der Waals surface area contributed by atoms with Crippen molar-refractivity contribution in [2.24, 2.45) is 0 Å². The molecule has 2 heteroatoms. The van der Waals surface area contributed by atoms with Crippen LogP contribution in [0.1, 0.15) is 43.4 Å². The summed E-state index contributed by atoms with van der Waals surface area (Å²) in [5, 5.41) is 0. The molecule has 0 N–H and O–H groups in total. The Labute approximate surface area is 124 Å². The predicted molar refractivity (Wildman–Crippen MR) is 88.5 cm³/mol. The van der Waals surface area contributed by atoms with Gasteiger partial charge in [0.05, 0.1) is 11.7 Å². The number of hydrogen-bond donors (Lipinski definition) is 0. The summed E-state index contributed by atoms with van der Waals surface area (Å²) in [7, 11) is -1.30. The van der Waals surface area contributed by atoms with Crippen LogP contribution in [0.2, 0.25) is 19.6 Å². The number of rotatable bonds is 3. The molecule has 1 aromatic rings. The molecule has 0 aliphatic heterocycles. The van der Waals surface area contributed by atoms with Crippen LogP contribution in [0.15, 0.2) is 18.2 Å². The molecule has 20 heavy (non-hydrogen) atoms. The van der Waals surface area contributed by atoms with Gasteiger partial charge >= 0.3 is 0 Å². The Morgan fingerprint density at radius 3 is 2.30 bits per heavy atom. The topological polar surface area (TPSA) is 9.23 Å².